The summed E-state index contributed by atoms with van der Waals surface area (Å²) in [5, 5.41) is 21.5. The molecule has 0 radical (unpaired) electrons. The fourth-order valence-electron chi connectivity index (χ4n) is 0. The van der Waals surface area contributed by atoms with Crippen LogP contribution in [0.4, 0.5) is 0 Å². The van der Waals surface area contributed by atoms with E-state index in [9.17, 15) is 0 Å². The van der Waals surface area contributed by atoms with Crippen LogP contribution in [0.5, 0.6) is 0 Å². The monoisotopic (exact) mass is 116 g/mol. The Hall–Kier alpha value is 1.58. The van der Waals surface area contributed by atoms with Crippen molar-refractivity contribution in [2.75, 3.05) is 0 Å². The van der Waals surface area contributed by atoms with Crippen LogP contribution in [0.15, 0.2) is 0 Å². The minimum absolute atomic E-state index is 0. The molecule has 0 fully saturated rings. The smallest absolute Gasteiger partial charge is 0.402 e. The molecule has 0 aliphatic heterocycles. The Morgan fingerprint density at radius 3 is 1.00 bits per heavy atom. The molecule has 5 heteroatoms. The van der Waals surface area contributed by atoms with Crippen LogP contribution in [-0.2, 0) is 0 Å². The first kappa shape index (κ1) is 15.6. The summed E-state index contributed by atoms with van der Waals surface area (Å²) in [6.45, 7) is 0. The van der Waals surface area contributed by atoms with E-state index in [1.165, 1.54) is 0 Å². The molecule has 0 aliphatic rings. The summed E-state index contributed by atoms with van der Waals surface area (Å²) in [5.41, 5.74) is 0. The molecule has 0 saturated carbocycles. The van der Waals surface area contributed by atoms with Crippen molar-refractivity contribution in [1.29, 1.82) is 0 Å². The molecule has 0 bridgehead atoms. The Labute approximate surface area is 80.0 Å². The zero-order valence-electron chi connectivity index (χ0n) is 3.92. The minimum Gasteiger partial charge on any atom is -0.402 e. The molecule has 0 heterocycles. The summed E-state index contributed by atoms with van der Waals surface area (Å²) in [4.78, 5) is 0. The van der Waals surface area contributed by atoms with Crippen molar-refractivity contribution in [2.24, 2.45) is 0 Å². The Bertz CT molecular complexity index is 15.5. The Balaban J connectivity index is -0.0000000450. The summed E-state index contributed by atoms with van der Waals surface area (Å²) >= 11 is 0. The van der Waals surface area contributed by atoms with E-state index in [4.69, 9.17) is 15.1 Å². The van der Waals surface area contributed by atoms with Crippen LogP contribution in [0.3, 0.4) is 0 Å². The molecule has 0 amide bonds. The van der Waals surface area contributed by atoms with Crippen LogP contribution >= 0.6 is 0 Å². The second kappa shape index (κ2) is 9.77. The molecule has 0 spiro atoms. The minimum atomic E-state index is -2.17. The largest absolute Gasteiger partial charge is 1.00 e. The molecular weight excluding hydrogens is 110 g/mol. The molecular formula is CH6BKO3. The Kier molecular flexibility index (Phi) is 25.5. The van der Waals surface area contributed by atoms with Gasteiger partial charge in [0.15, 0.2) is 0 Å². The van der Waals surface area contributed by atoms with Crippen molar-refractivity contribution in [2.45, 2.75) is 0 Å². The molecule has 32 valence electrons. The van der Waals surface area contributed by atoms with Gasteiger partial charge in [-0.05, 0) is 0 Å². The molecule has 0 aromatic carbocycles. The van der Waals surface area contributed by atoms with Crippen molar-refractivity contribution < 1.29 is 66.5 Å². The summed E-state index contributed by atoms with van der Waals surface area (Å²) in [5.74, 6) is 0. The van der Waals surface area contributed by atoms with Crippen LogP contribution in [0.1, 0.15) is 0 Å². The van der Waals surface area contributed by atoms with Crippen molar-refractivity contribution in [3.05, 3.63) is 7.43 Å². The van der Waals surface area contributed by atoms with Gasteiger partial charge in [0.2, 0.25) is 0 Å². The van der Waals surface area contributed by atoms with Crippen LogP contribution in [0, 0.1) is 7.43 Å². The fraction of sp³-hybridized carbons (Fsp3) is 0. The second-order valence-electron chi connectivity index (χ2n) is 0.346. The van der Waals surface area contributed by atoms with E-state index in [1.807, 2.05) is 0 Å². The van der Waals surface area contributed by atoms with Gasteiger partial charge in [0.1, 0.15) is 0 Å². The zero-order chi connectivity index (χ0) is 3.58. The van der Waals surface area contributed by atoms with Gasteiger partial charge in [0.25, 0.3) is 0 Å². The van der Waals surface area contributed by atoms with Crippen molar-refractivity contribution in [3.63, 3.8) is 0 Å². The van der Waals surface area contributed by atoms with Gasteiger partial charge in [-0.25, -0.2) is 0 Å². The molecule has 0 aromatic heterocycles. The average molecular weight is 116 g/mol. The van der Waals surface area contributed by atoms with Crippen molar-refractivity contribution >= 4 is 7.32 Å². The number of rotatable bonds is 0. The third-order valence-corrected chi connectivity index (χ3v) is 0. The predicted octanol–water partition coefficient (Wildman–Crippen LogP) is -4.60. The quantitative estimate of drug-likeness (QED) is 0.220. The maximum atomic E-state index is 7.17. The predicted molar refractivity (Wildman–Crippen MR) is 18.8 cm³/mol. The van der Waals surface area contributed by atoms with Crippen LogP contribution in [0.25, 0.3) is 0 Å². The van der Waals surface area contributed by atoms with E-state index in [-0.39, 0.29) is 58.8 Å². The molecule has 6 heavy (non-hydrogen) atoms. The first-order valence-electron chi connectivity index (χ1n) is 0.775. The maximum absolute atomic E-state index is 7.17. The summed E-state index contributed by atoms with van der Waals surface area (Å²) in [6, 6.07) is 0. The van der Waals surface area contributed by atoms with Crippen LogP contribution in [-0.4, -0.2) is 22.4 Å². The Morgan fingerprint density at radius 2 is 1.00 bits per heavy atom. The summed E-state index contributed by atoms with van der Waals surface area (Å²) in [7, 11) is -2.17. The topological polar surface area (TPSA) is 60.7 Å². The summed E-state index contributed by atoms with van der Waals surface area (Å²) < 4.78 is 0. The van der Waals surface area contributed by atoms with Gasteiger partial charge in [-0.2, -0.15) is 0 Å². The maximum Gasteiger partial charge on any atom is 1.00 e. The van der Waals surface area contributed by atoms with Crippen molar-refractivity contribution in [1.82, 2.24) is 0 Å². The standard InChI is InChI=1S/CH3.BH3O3.K/c;2-1(3)4;/h1H3;2-4H;/q-1;;+1. The fourth-order valence-corrected chi connectivity index (χ4v) is 0. The molecule has 0 aliphatic carbocycles. The first-order valence-corrected chi connectivity index (χ1v) is 0.775. The average Bonchev–Trinajstić information content (AvgIpc) is 0.811. The third-order valence-electron chi connectivity index (χ3n) is 0. The van der Waals surface area contributed by atoms with Gasteiger partial charge in [-0.3, -0.25) is 0 Å². The number of hydrogen-bond acceptors (Lipinski definition) is 3. The van der Waals surface area contributed by atoms with E-state index < -0.39 is 7.32 Å². The second-order valence-corrected chi connectivity index (χ2v) is 0.346. The van der Waals surface area contributed by atoms with E-state index in [0.29, 0.717) is 0 Å². The molecule has 3 nitrogen and oxygen atoms in total. The van der Waals surface area contributed by atoms with Gasteiger partial charge in [-0.1, -0.05) is 0 Å². The summed E-state index contributed by atoms with van der Waals surface area (Å²) in [6.07, 6.45) is 0. The third kappa shape index (κ3) is 46.8. The SMILES string of the molecule is OB(O)O.[CH3-].[K+]. The van der Waals surface area contributed by atoms with Gasteiger partial charge in [0, 0.05) is 0 Å². The first-order chi connectivity index (χ1) is 1.73. The van der Waals surface area contributed by atoms with E-state index in [0.717, 1.165) is 0 Å². The van der Waals surface area contributed by atoms with E-state index >= 15 is 0 Å². The van der Waals surface area contributed by atoms with Gasteiger partial charge in [-0.15, -0.1) is 0 Å². The van der Waals surface area contributed by atoms with E-state index in [1.54, 1.807) is 0 Å². The van der Waals surface area contributed by atoms with Crippen molar-refractivity contribution in [3.8, 4) is 0 Å². The molecule has 0 atom stereocenters. The van der Waals surface area contributed by atoms with Gasteiger partial charge >= 0.3 is 58.7 Å². The number of hydrogen-bond donors (Lipinski definition) is 3. The molecule has 0 saturated heterocycles. The molecule has 0 aromatic rings. The molecule has 3 N–H and O–H groups in total. The van der Waals surface area contributed by atoms with Gasteiger partial charge < -0.3 is 22.5 Å². The van der Waals surface area contributed by atoms with Crippen LogP contribution in [0.2, 0.25) is 0 Å². The Morgan fingerprint density at radius 1 is 1.00 bits per heavy atom. The molecule has 0 rings (SSSR count). The van der Waals surface area contributed by atoms with Gasteiger partial charge in [0.05, 0.1) is 0 Å². The normalized spacial score (nSPS) is 4.50. The van der Waals surface area contributed by atoms with E-state index in [2.05, 4.69) is 0 Å². The zero-order valence-corrected chi connectivity index (χ0v) is 7.04. The van der Waals surface area contributed by atoms with Crippen LogP contribution < -0.4 is 51.4 Å². The molecule has 0 unspecified atom stereocenters.